The highest BCUT2D eigenvalue weighted by Gasteiger charge is 2.13. The van der Waals surface area contributed by atoms with E-state index < -0.39 is 11.6 Å². The van der Waals surface area contributed by atoms with Gasteiger partial charge < -0.3 is 19.4 Å². The molecule has 0 spiro atoms. The summed E-state index contributed by atoms with van der Waals surface area (Å²) in [4.78, 5) is 23.7. The summed E-state index contributed by atoms with van der Waals surface area (Å²) in [6.45, 7) is 0.214. The molecular weight excluding hydrogens is 452 g/mol. The lowest BCUT2D eigenvalue weighted by atomic mass is 10.1. The van der Waals surface area contributed by atoms with Gasteiger partial charge in [-0.3, -0.25) is 0 Å². The molecule has 4 aromatic rings. The Morgan fingerprint density at radius 3 is 2.35 bits per heavy atom. The van der Waals surface area contributed by atoms with Crippen molar-refractivity contribution in [2.24, 2.45) is 0 Å². The van der Waals surface area contributed by atoms with Gasteiger partial charge in [-0.15, -0.1) is 11.8 Å². The molecule has 2 N–H and O–H groups in total. The molecule has 0 saturated carbocycles. The maximum atomic E-state index is 12.5. The number of aryl methyl sites for hydroxylation is 1. The summed E-state index contributed by atoms with van der Waals surface area (Å²) in [5.41, 5.74) is 2.14. The molecule has 0 aliphatic carbocycles. The van der Waals surface area contributed by atoms with Crippen molar-refractivity contribution in [1.29, 1.82) is 0 Å². The van der Waals surface area contributed by atoms with Gasteiger partial charge in [-0.05, 0) is 53.9 Å². The molecule has 7 heteroatoms. The molecule has 0 amide bonds. The fraction of sp³-hybridized carbons (Fsp3) is 0.111. The summed E-state index contributed by atoms with van der Waals surface area (Å²) in [7, 11) is 0. The molecule has 0 fully saturated rings. The zero-order chi connectivity index (χ0) is 23.9. The molecule has 0 bridgehead atoms. The van der Waals surface area contributed by atoms with E-state index in [1.54, 1.807) is 42.5 Å². The van der Waals surface area contributed by atoms with Crippen LogP contribution in [0.15, 0.2) is 99.0 Å². The summed E-state index contributed by atoms with van der Waals surface area (Å²) in [6, 6.07) is 24.8. The number of hydrogen-bond donors (Lipinski definition) is 2. The van der Waals surface area contributed by atoms with Crippen molar-refractivity contribution in [2.45, 2.75) is 17.9 Å². The molecule has 34 heavy (non-hydrogen) atoms. The average molecular weight is 475 g/mol. The number of thioether (sulfide) groups is 1. The minimum absolute atomic E-state index is 0.108. The number of carbonyl (C=O) groups is 1. The second-order valence-electron chi connectivity index (χ2n) is 7.52. The number of carboxylic acid groups (broad SMARTS) is 1. The molecular formula is C27H22O6S. The van der Waals surface area contributed by atoms with Crippen LogP contribution < -0.4 is 10.4 Å². The molecule has 1 heterocycles. The highest BCUT2D eigenvalue weighted by atomic mass is 32.2. The van der Waals surface area contributed by atoms with Crippen LogP contribution in [0.1, 0.15) is 21.5 Å². The van der Waals surface area contributed by atoms with Crippen molar-refractivity contribution in [2.75, 3.05) is 5.75 Å². The van der Waals surface area contributed by atoms with Gasteiger partial charge in [0, 0.05) is 17.4 Å². The first-order chi connectivity index (χ1) is 16.5. The number of benzene rings is 3. The number of aromatic hydroxyl groups is 1. The van der Waals surface area contributed by atoms with E-state index in [0.717, 1.165) is 17.5 Å². The maximum absolute atomic E-state index is 12.5. The smallest absolute Gasteiger partial charge is 0.353 e. The first-order valence-electron chi connectivity index (χ1n) is 10.6. The van der Waals surface area contributed by atoms with E-state index in [4.69, 9.17) is 14.3 Å². The monoisotopic (exact) mass is 474 g/mol. The molecule has 4 rings (SSSR count). The lowest BCUT2D eigenvalue weighted by Gasteiger charge is -2.09. The third-order valence-electron chi connectivity index (χ3n) is 5.09. The van der Waals surface area contributed by atoms with E-state index in [0.29, 0.717) is 17.1 Å². The Balaban J connectivity index is 1.39. The lowest BCUT2D eigenvalue weighted by molar-refractivity contribution is 0.0696. The van der Waals surface area contributed by atoms with Crippen molar-refractivity contribution in [3.05, 3.63) is 112 Å². The van der Waals surface area contributed by atoms with Crippen LogP contribution in [0, 0.1) is 0 Å². The highest BCUT2D eigenvalue weighted by molar-refractivity contribution is 7.99. The van der Waals surface area contributed by atoms with Crippen LogP contribution in [0.2, 0.25) is 0 Å². The van der Waals surface area contributed by atoms with Gasteiger partial charge in [0.25, 0.3) is 0 Å². The van der Waals surface area contributed by atoms with Crippen molar-refractivity contribution >= 4 is 17.7 Å². The summed E-state index contributed by atoms with van der Waals surface area (Å²) in [6.07, 6.45) is 0.772. The lowest BCUT2D eigenvalue weighted by Crippen LogP contribution is -2.04. The largest absolute Gasteiger partial charge is 0.506 e. The second kappa shape index (κ2) is 10.8. The summed E-state index contributed by atoms with van der Waals surface area (Å²) >= 11 is 1.27. The molecule has 0 aliphatic rings. The Bertz CT molecular complexity index is 1330. The number of ether oxygens (including phenoxy) is 1. The molecule has 0 aliphatic heterocycles. The van der Waals surface area contributed by atoms with Gasteiger partial charge in [0.15, 0.2) is 0 Å². The topological polar surface area (TPSA) is 97.0 Å². The quantitative estimate of drug-likeness (QED) is 0.304. The van der Waals surface area contributed by atoms with Gasteiger partial charge >= 0.3 is 11.6 Å². The van der Waals surface area contributed by atoms with E-state index in [9.17, 15) is 14.7 Å². The molecule has 172 valence electrons. The Morgan fingerprint density at radius 2 is 1.65 bits per heavy atom. The number of hydrogen-bond acceptors (Lipinski definition) is 6. The molecule has 6 nitrogen and oxygen atoms in total. The van der Waals surface area contributed by atoms with Crippen LogP contribution in [0.25, 0.3) is 11.3 Å². The first-order valence-corrected chi connectivity index (χ1v) is 11.6. The van der Waals surface area contributed by atoms with E-state index in [1.807, 2.05) is 30.3 Å². The number of aromatic carboxylic acids is 1. The normalized spacial score (nSPS) is 10.7. The van der Waals surface area contributed by atoms with Crippen LogP contribution in [-0.2, 0) is 13.0 Å². The van der Waals surface area contributed by atoms with Crippen LogP contribution in [0.5, 0.6) is 11.5 Å². The number of carboxylic acids is 1. The Morgan fingerprint density at radius 1 is 0.912 bits per heavy atom. The van der Waals surface area contributed by atoms with Gasteiger partial charge in [-0.1, -0.05) is 42.5 Å². The van der Waals surface area contributed by atoms with Crippen LogP contribution >= 0.6 is 11.8 Å². The van der Waals surface area contributed by atoms with Gasteiger partial charge in [-0.2, -0.15) is 0 Å². The highest BCUT2D eigenvalue weighted by Crippen LogP contribution is 2.31. The first kappa shape index (κ1) is 23.2. The average Bonchev–Trinajstić information content (AvgIpc) is 2.85. The zero-order valence-electron chi connectivity index (χ0n) is 18.1. The fourth-order valence-corrected chi connectivity index (χ4v) is 4.25. The number of rotatable bonds is 9. The van der Waals surface area contributed by atoms with E-state index in [-0.39, 0.29) is 28.6 Å². The standard InChI is InChI=1S/C27H22O6S/c28-23-16-24(33-27(31)25(23)34-14-13-18-5-2-1-3-6-18)20-9-11-22(12-10-20)32-17-19-7-4-8-21(15-19)26(29)30/h1-12,15-16,28H,13-14,17H2,(H,29,30). The summed E-state index contributed by atoms with van der Waals surface area (Å²) < 4.78 is 11.2. The summed E-state index contributed by atoms with van der Waals surface area (Å²) in [5, 5.41) is 19.5. The Kier molecular flexibility index (Phi) is 7.34. The molecule has 0 atom stereocenters. The van der Waals surface area contributed by atoms with Crippen LogP contribution in [0.3, 0.4) is 0 Å². The fourth-order valence-electron chi connectivity index (χ4n) is 3.34. The van der Waals surface area contributed by atoms with Crippen LogP contribution in [0.4, 0.5) is 0 Å². The van der Waals surface area contributed by atoms with Crippen LogP contribution in [-0.4, -0.2) is 21.9 Å². The minimum atomic E-state index is -0.989. The molecule has 1 aromatic heterocycles. The SMILES string of the molecule is O=C(O)c1cccc(COc2ccc(-c3cc(O)c(SCCc4ccccc4)c(=O)o3)cc2)c1. The second-order valence-corrected chi connectivity index (χ2v) is 8.62. The predicted molar refractivity (Wildman–Crippen MR) is 131 cm³/mol. The van der Waals surface area contributed by atoms with Crippen molar-refractivity contribution in [1.82, 2.24) is 0 Å². The third kappa shape index (κ3) is 5.88. The van der Waals surface area contributed by atoms with E-state index in [1.165, 1.54) is 23.9 Å². The van der Waals surface area contributed by atoms with Crippen molar-refractivity contribution < 1.29 is 24.2 Å². The van der Waals surface area contributed by atoms with Gasteiger partial charge in [-0.25, -0.2) is 9.59 Å². The zero-order valence-corrected chi connectivity index (χ0v) is 19.0. The van der Waals surface area contributed by atoms with E-state index in [2.05, 4.69) is 0 Å². The minimum Gasteiger partial charge on any atom is -0.506 e. The molecule has 3 aromatic carbocycles. The molecule has 0 saturated heterocycles. The third-order valence-corrected chi connectivity index (χ3v) is 6.16. The van der Waals surface area contributed by atoms with E-state index >= 15 is 0 Å². The van der Waals surface area contributed by atoms with Crippen molar-refractivity contribution in [3.63, 3.8) is 0 Å². The Labute approximate surface area is 200 Å². The van der Waals surface area contributed by atoms with Gasteiger partial charge in [0.05, 0.1) is 5.56 Å². The predicted octanol–water partition coefficient (Wildman–Crippen LogP) is 5.62. The molecule has 0 radical (unpaired) electrons. The summed E-state index contributed by atoms with van der Waals surface area (Å²) in [5.74, 6) is 0.377. The molecule has 0 unspecified atom stereocenters. The Hall–Kier alpha value is -3.97. The van der Waals surface area contributed by atoms with Crippen molar-refractivity contribution in [3.8, 4) is 22.8 Å². The van der Waals surface area contributed by atoms with Gasteiger partial charge in [0.2, 0.25) is 0 Å². The maximum Gasteiger partial charge on any atom is 0.353 e. The van der Waals surface area contributed by atoms with Gasteiger partial charge in [0.1, 0.15) is 28.8 Å².